The number of piperidine rings is 1. The van der Waals surface area contributed by atoms with Crippen LogP contribution in [0.1, 0.15) is 40.5 Å². The van der Waals surface area contributed by atoms with Crippen LogP contribution in [0.25, 0.3) is 11.5 Å². The van der Waals surface area contributed by atoms with E-state index >= 15 is 0 Å². The molecular formula is C20H18F2N4O2. The minimum atomic E-state index is -0.629. The first-order valence-corrected chi connectivity index (χ1v) is 9.02. The summed E-state index contributed by atoms with van der Waals surface area (Å²) in [6.07, 6.45) is 2.79. The highest BCUT2D eigenvalue weighted by atomic mass is 19.1. The van der Waals surface area contributed by atoms with Gasteiger partial charge in [-0.1, -0.05) is 11.2 Å². The SMILES string of the molecule is Cc1ccc(-c2nc(C3CCCN(C(=O)c4ccc(F)nc4)C3)no2)c(F)c1. The van der Waals surface area contributed by atoms with Gasteiger partial charge in [-0.25, -0.2) is 9.37 Å². The first-order chi connectivity index (χ1) is 13.5. The second-order valence-corrected chi connectivity index (χ2v) is 6.90. The van der Waals surface area contributed by atoms with E-state index in [1.165, 1.54) is 18.3 Å². The molecule has 1 aromatic carbocycles. The molecule has 1 unspecified atom stereocenters. The summed E-state index contributed by atoms with van der Waals surface area (Å²) in [4.78, 5) is 22.2. The summed E-state index contributed by atoms with van der Waals surface area (Å²) in [6.45, 7) is 2.80. The maximum atomic E-state index is 14.2. The van der Waals surface area contributed by atoms with Crippen LogP contribution in [0.5, 0.6) is 0 Å². The average molecular weight is 384 g/mol. The molecule has 0 N–H and O–H groups in total. The molecule has 4 rings (SSSR count). The Morgan fingerprint density at radius 1 is 1.25 bits per heavy atom. The molecule has 0 bridgehead atoms. The lowest BCUT2D eigenvalue weighted by atomic mass is 9.97. The highest BCUT2D eigenvalue weighted by molar-refractivity contribution is 5.94. The zero-order chi connectivity index (χ0) is 19.7. The van der Waals surface area contributed by atoms with Crippen LogP contribution >= 0.6 is 0 Å². The van der Waals surface area contributed by atoms with Gasteiger partial charge in [-0.05, 0) is 49.6 Å². The van der Waals surface area contributed by atoms with Crippen LogP contribution in [0.4, 0.5) is 8.78 Å². The molecule has 3 heterocycles. The van der Waals surface area contributed by atoms with Gasteiger partial charge in [0.1, 0.15) is 5.82 Å². The first-order valence-electron chi connectivity index (χ1n) is 9.02. The predicted molar refractivity (Wildman–Crippen MR) is 96.5 cm³/mol. The van der Waals surface area contributed by atoms with Crippen LogP contribution in [0.15, 0.2) is 41.1 Å². The summed E-state index contributed by atoms with van der Waals surface area (Å²) in [5.41, 5.74) is 1.39. The topological polar surface area (TPSA) is 72.1 Å². The summed E-state index contributed by atoms with van der Waals surface area (Å²) < 4.78 is 32.4. The molecule has 0 saturated carbocycles. The van der Waals surface area contributed by atoms with Crippen molar-refractivity contribution < 1.29 is 18.1 Å². The monoisotopic (exact) mass is 384 g/mol. The number of benzene rings is 1. The number of aryl methyl sites for hydroxylation is 1. The number of likely N-dealkylation sites (tertiary alicyclic amines) is 1. The van der Waals surface area contributed by atoms with Crippen LogP contribution in [-0.4, -0.2) is 39.0 Å². The van der Waals surface area contributed by atoms with Gasteiger partial charge in [0.2, 0.25) is 5.95 Å². The Labute approximate surface area is 160 Å². The molecule has 28 heavy (non-hydrogen) atoms. The number of rotatable bonds is 3. The van der Waals surface area contributed by atoms with E-state index in [9.17, 15) is 13.6 Å². The molecule has 0 aliphatic carbocycles. The Hall–Kier alpha value is -3.16. The lowest BCUT2D eigenvalue weighted by Gasteiger charge is -2.31. The zero-order valence-electron chi connectivity index (χ0n) is 15.2. The highest BCUT2D eigenvalue weighted by Gasteiger charge is 2.29. The van der Waals surface area contributed by atoms with Gasteiger partial charge >= 0.3 is 0 Å². The standard InChI is InChI=1S/C20H18F2N4O2/c1-12-4-6-15(16(21)9-12)19-24-18(25-28-19)14-3-2-8-26(11-14)20(27)13-5-7-17(22)23-10-13/h4-7,9-10,14H,2-3,8,11H2,1H3. The summed E-state index contributed by atoms with van der Waals surface area (Å²) >= 11 is 0. The normalized spacial score (nSPS) is 17.0. The summed E-state index contributed by atoms with van der Waals surface area (Å²) in [6, 6.07) is 7.38. The van der Waals surface area contributed by atoms with Crippen molar-refractivity contribution >= 4 is 5.91 Å². The molecule has 0 spiro atoms. The van der Waals surface area contributed by atoms with Crippen molar-refractivity contribution in [3.05, 3.63) is 65.2 Å². The smallest absolute Gasteiger partial charge is 0.260 e. The Bertz CT molecular complexity index is 1000. The van der Waals surface area contributed by atoms with Crippen LogP contribution in [0, 0.1) is 18.7 Å². The fourth-order valence-corrected chi connectivity index (χ4v) is 3.36. The fraction of sp³-hybridized carbons (Fsp3) is 0.300. The molecule has 1 aliphatic rings. The minimum absolute atomic E-state index is 0.114. The predicted octanol–water partition coefficient (Wildman–Crippen LogP) is 3.74. The van der Waals surface area contributed by atoms with Crippen molar-refractivity contribution in [2.75, 3.05) is 13.1 Å². The number of carbonyl (C=O) groups excluding carboxylic acids is 1. The number of carbonyl (C=O) groups is 1. The number of aromatic nitrogens is 3. The van der Waals surface area contributed by atoms with E-state index in [1.807, 2.05) is 0 Å². The quantitative estimate of drug-likeness (QED) is 0.644. The van der Waals surface area contributed by atoms with Gasteiger partial charge in [-0.3, -0.25) is 4.79 Å². The Morgan fingerprint density at radius 3 is 2.86 bits per heavy atom. The number of hydrogen-bond acceptors (Lipinski definition) is 5. The molecule has 1 saturated heterocycles. The van der Waals surface area contributed by atoms with Gasteiger partial charge < -0.3 is 9.42 Å². The molecule has 3 aromatic rings. The van der Waals surface area contributed by atoms with Crippen LogP contribution in [0.2, 0.25) is 0 Å². The van der Waals surface area contributed by atoms with Gasteiger partial charge in [0.15, 0.2) is 5.82 Å². The van der Waals surface area contributed by atoms with Gasteiger partial charge in [0, 0.05) is 25.2 Å². The Morgan fingerprint density at radius 2 is 2.11 bits per heavy atom. The molecule has 144 valence electrons. The maximum Gasteiger partial charge on any atom is 0.260 e. The number of halogens is 2. The van der Waals surface area contributed by atoms with Crippen molar-refractivity contribution in [3.8, 4) is 11.5 Å². The molecular weight excluding hydrogens is 366 g/mol. The van der Waals surface area contributed by atoms with E-state index in [0.29, 0.717) is 24.5 Å². The Balaban J connectivity index is 1.51. The van der Waals surface area contributed by atoms with E-state index in [4.69, 9.17) is 4.52 Å². The third-order valence-electron chi connectivity index (χ3n) is 4.84. The third kappa shape index (κ3) is 3.62. The van der Waals surface area contributed by atoms with E-state index in [0.717, 1.165) is 24.5 Å². The lowest BCUT2D eigenvalue weighted by molar-refractivity contribution is 0.0703. The van der Waals surface area contributed by atoms with Crippen LogP contribution < -0.4 is 0 Å². The Kier molecular flexibility index (Phi) is 4.85. The average Bonchev–Trinajstić information content (AvgIpc) is 3.18. The number of amides is 1. The van der Waals surface area contributed by atoms with Crippen molar-refractivity contribution in [2.24, 2.45) is 0 Å². The van der Waals surface area contributed by atoms with Gasteiger partial charge in [0.25, 0.3) is 11.8 Å². The molecule has 2 aromatic heterocycles. The maximum absolute atomic E-state index is 14.2. The minimum Gasteiger partial charge on any atom is -0.338 e. The van der Waals surface area contributed by atoms with Crippen LogP contribution in [-0.2, 0) is 0 Å². The summed E-state index contributed by atoms with van der Waals surface area (Å²) in [5, 5.41) is 4.01. The fourth-order valence-electron chi connectivity index (χ4n) is 3.36. The molecule has 0 radical (unpaired) electrons. The van der Waals surface area contributed by atoms with E-state index in [2.05, 4.69) is 15.1 Å². The zero-order valence-corrected chi connectivity index (χ0v) is 15.2. The first kappa shape index (κ1) is 18.2. The summed E-state index contributed by atoms with van der Waals surface area (Å²) in [7, 11) is 0. The van der Waals surface area contributed by atoms with Gasteiger partial charge in [-0.2, -0.15) is 9.37 Å². The van der Waals surface area contributed by atoms with E-state index < -0.39 is 11.8 Å². The van der Waals surface area contributed by atoms with Gasteiger partial charge in [-0.15, -0.1) is 0 Å². The number of hydrogen-bond donors (Lipinski definition) is 0. The molecule has 8 heteroatoms. The lowest BCUT2D eigenvalue weighted by Crippen LogP contribution is -2.39. The van der Waals surface area contributed by atoms with Gasteiger partial charge in [0.05, 0.1) is 11.1 Å². The van der Waals surface area contributed by atoms with Crippen molar-refractivity contribution in [1.82, 2.24) is 20.0 Å². The highest BCUT2D eigenvalue weighted by Crippen LogP contribution is 2.29. The van der Waals surface area contributed by atoms with Crippen molar-refractivity contribution in [2.45, 2.75) is 25.7 Å². The van der Waals surface area contributed by atoms with Crippen molar-refractivity contribution in [3.63, 3.8) is 0 Å². The second kappa shape index (κ2) is 7.46. The van der Waals surface area contributed by atoms with Crippen molar-refractivity contribution in [1.29, 1.82) is 0 Å². The number of nitrogens with zero attached hydrogens (tertiary/aromatic N) is 4. The molecule has 1 amide bonds. The third-order valence-corrected chi connectivity index (χ3v) is 4.84. The number of pyridine rings is 1. The van der Waals surface area contributed by atoms with E-state index in [1.54, 1.807) is 24.0 Å². The van der Waals surface area contributed by atoms with Crippen LogP contribution in [0.3, 0.4) is 0 Å². The summed E-state index contributed by atoms with van der Waals surface area (Å²) in [5.74, 6) is -0.804. The van der Waals surface area contributed by atoms with E-state index in [-0.39, 0.29) is 23.3 Å². The largest absolute Gasteiger partial charge is 0.338 e. The molecule has 1 aliphatic heterocycles. The second-order valence-electron chi connectivity index (χ2n) is 6.90. The molecule has 1 fully saturated rings. The molecule has 1 atom stereocenters. The molecule has 6 nitrogen and oxygen atoms in total.